The number of amides is 3. The Balaban J connectivity index is 2.36. The summed E-state index contributed by atoms with van der Waals surface area (Å²) in [5.41, 5.74) is 0. The molecule has 4 nitrogen and oxygen atoms in total. The number of imide groups is 1. The van der Waals surface area contributed by atoms with Crippen LogP contribution < -0.4 is 5.32 Å². The van der Waals surface area contributed by atoms with Crippen LogP contribution in [0.25, 0.3) is 0 Å². The summed E-state index contributed by atoms with van der Waals surface area (Å²) >= 11 is 1.28. The molecule has 0 aromatic carbocycles. The first kappa shape index (κ1) is 9.38. The first-order valence-corrected chi connectivity index (χ1v) is 4.93. The molecule has 0 bridgehead atoms. The highest BCUT2D eigenvalue weighted by molar-refractivity contribution is 7.98. The van der Waals surface area contributed by atoms with Crippen LogP contribution in [0, 0.1) is 0 Å². The van der Waals surface area contributed by atoms with E-state index in [1.54, 1.807) is 0 Å². The molecule has 1 N–H and O–H groups in total. The molecule has 1 heterocycles. The molecular weight excluding hydrogens is 176 g/mol. The van der Waals surface area contributed by atoms with Crippen LogP contribution in [0.4, 0.5) is 4.79 Å². The first-order valence-electron chi connectivity index (χ1n) is 3.99. The van der Waals surface area contributed by atoms with E-state index in [9.17, 15) is 9.59 Å². The quantitative estimate of drug-likeness (QED) is 0.657. The fourth-order valence-corrected chi connectivity index (χ4v) is 1.74. The topological polar surface area (TPSA) is 49.4 Å². The zero-order valence-corrected chi connectivity index (χ0v) is 7.82. The number of nitrogens with one attached hydrogen (secondary N) is 1. The van der Waals surface area contributed by atoms with Gasteiger partial charge in [-0.2, -0.15) is 0 Å². The predicted octanol–water partition coefficient (Wildman–Crippen LogP) is 0.986. The van der Waals surface area contributed by atoms with E-state index in [0.717, 1.165) is 12.2 Å². The maximum Gasteiger partial charge on any atom is 0.334 e. The Hall–Kier alpha value is -0.710. The Morgan fingerprint density at radius 2 is 2.50 bits per heavy atom. The highest BCUT2D eigenvalue weighted by Gasteiger charge is 2.27. The molecule has 0 aromatic rings. The molecule has 0 radical (unpaired) electrons. The Morgan fingerprint density at radius 3 is 3.00 bits per heavy atom. The molecule has 0 atom stereocenters. The van der Waals surface area contributed by atoms with Crippen LogP contribution in [0.1, 0.15) is 19.8 Å². The second-order valence-corrected chi connectivity index (χ2v) is 3.53. The molecule has 1 rings (SSSR count). The van der Waals surface area contributed by atoms with Crippen LogP contribution in [0.3, 0.4) is 0 Å². The van der Waals surface area contributed by atoms with E-state index >= 15 is 0 Å². The third kappa shape index (κ3) is 2.14. The summed E-state index contributed by atoms with van der Waals surface area (Å²) < 4.78 is 1.20. The summed E-state index contributed by atoms with van der Waals surface area (Å²) in [6.07, 6.45) is 1.36. The average molecular weight is 188 g/mol. The van der Waals surface area contributed by atoms with Crippen LogP contribution in [-0.2, 0) is 4.79 Å². The molecular formula is C7H12N2O2S. The summed E-state index contributed by atoms with van der Waals surface area (Å²) in [4.78, 5) is 22.2. The fourth-order valence-electron chi connectivity index (χ4n) is 0.873. The second kappa shape index (κ2) is 4.35. The van der Waals surface area contributed by atoms with Gasteiger partial charge in [0.25, 0.3) is 0 Å². The number of urea groups is 1. The minimum Gasteiger partial charge on any atom is -0.337 e. The summed E-state index contributed by atoms with van der Waals surface area (Å²) in [7, 11) is 0. The van der Waals surface area contributed by atoms with E-state index in [1.165, 1.54) is 16.3 Å². The number of carbonyl (C=O) groups excluding carboxylic acids is 2. The highest BCUT2D eigenvalue weighted by Crippen LogP contribution is 2.20. The van der Waals surface area contributed by atoms with Crippen molar-refractivity contribution in [2.75, 3.05) is 12.3 Å². The van der Waals surface area contributed by atoms with Gasteiger partial charge >= 0.3 is 6.03 Å². The van der Waals surface area contributed by atoms with Crippen molar-refractivity contribution in [1.82, 2.24) is 9.62 Å². The third-order valence-electron chi connectivity index (χ3n) is 1.47. The van der Waals surface area contributed by atoms with Crippen molar-refractivity contribution in [2.45, 2.75) is 19.8 Å². The SMILES string of the molecule is CCCNC(=O)N1SCCC1=O. The maximum absolute atomic E-state index is 11.2. The summed E-state index contributed by atoms with van der Waals surface area (Å²) in [6, 6.07) is -0.274. The van der Waals surface area contributed by atoms with Gasteiger partial charge in [-0.25, -0.2) is 9.10 Å². The smallest absolute Gasteiger partial charge is 0.334 e. The van der Waals surface area contributed by atoms with Gasteiger partial charge in [-0.3, -0.25) is 4.79 Å². The van der Waals surface area contributed by atoms with Gasteiger partial charge in [-0.1, -0.05) is 6.92 Å². The lowest BCUT2D eigenvalue weighted by molar-refractivity contribution is -0.123. The van der Waals surface area contributed by atoms with Crippen molar-refractivity contribution in [1.29, 1.82) is 0 Å². The monoisotopic (exact) mass is 188 g/mol. The second-order valence-electron chi connectivity index (χ2n) is 2.50. The van der Waals surface area contributed by atoms with Gasteiger partial charge in [0, 0.05) is 18.7 Å². The van der Waals surface area contributed by atoms with Crippen LogP contribution >= 0.6 is 11.9 Å². The number of rotatable bonds is 2. The van der Waals surface area contributed by atoms with Crippen molar-refractivity contribution in [3.63, 3.8) is 0 Å². The Morgan fingerprint density at radius 1 is 1.75 bits per heavy atom. The minimum absolute atomic E-state index is 0.0893. The standard InChI is InChI=1S/C7H12N2O2S/c1-2-4-8-7(11)9-6(10)3-5-12-9/h2-5H2,1H3,(H,8,11). The van der Waals surface area contributed by atoms with Gasteiger partial charge in [0.1, 0.15) is 0 Å². The molecule has 12 heavy (non-hydrogen) atoms. The third-order valence-corrected chi connectivity index (χ3v) is 2.49. The Labute approximate surface area is 75.8 Å². The van der Waals surface area contributed by atoms with Crippen molar-refractivity contribution in [3.05, 3.63) is 0 Å². The van der Waals surface area contributed by atoms with Gasteiger partial charge < -0.3 is 5.32 Å². The van der Waals surface area contributed by atoms with E-state index in [0.29, 0.717) is 13.0 Å². The van der Waals surface area contributed by atoms with Crippen LogP contribution in [-0.4, -0.2) is 28.5 Å². The molecule has 1 aliphatic heterocycles. The number of hydrogen-bond donors (Lipinski definition) is 1. The molecule has 5 heteroatoms. The average Bonchev–Trinajstić information content (AvgIpc) is 2.47. The number of nitrogens with zero attached hydrogens (tertiary/aromatic N) is 1. The van der Waals surface area contributed by atoms with Crippen LogP contribution in [0.5, 0.6) is 0 Å². The van der Waals surface area contributed by atoms with Gasteiger partial charge in [0.15, 0.2) is 0 Å². The number of carbonyl (C=O) groups is 2. The Kier molecular flexibility index (Phi) is 3.40. The lowest BCUT2D eigenvalue weighted by Gasteiger charge is -2.11. The van der Waals surface area contributed by atoms with Crippen molar-refractivity contribution >= 4 is 23.9 Å². The molecule has 0 saturated carbocycles. The molecule has 3 amide bonds. The van der Waals surface area contributed by atoms with E-state index in [1.807, 2.05) is 6.92 Å². The predicted molar refractivity (Wildman–Crippen MR) is 47.6 cm³/mol. The van der Waals surface area contributed by atoms with E-state index < -0.39 is 0 Å². The molecule has 0 spiro atoms. The van der Waals surface area contributed by atoms with Gasteiger partial charge in [-0.05, 0) is 18.4 Å². The van der Waals surface area contributed by atoms with Crippen molar-refractivity contribution < 1.29 is 9.59 Å². The normalized spacial score (nSPS) is 16.8. The van der Waals surface area contributed by atoms with Gasteiger partial charge in [0.05, 0.1) is 0 Å². The lowest BCUT2D eigenvalue weighted by atomic mass is 10.4. The number of hydrogen-bond acceptors (Lipinski definition) is 3. The summed E-state index contributed by atoms with van der Waals surface area (Å²) in [5.74, 6) is 0.631. The molecule has 0 unspecified atom stereocenters. The molecule has 1 saturated heterocycles. The summed E-state index contributed by atoms with van der Waals surface area (Å²) in [5, 5.41) is 2.65. The largest absolute Gasteiger partial charge is 0.337 e. The van der Waals surface area contributed by atoms with E-state index in [4.69, 9.17) is 0 Å². The summed E-state index contributed by atoms with van der Waals surface area (Å²) in [6.45, 7) is 2.60. The Bertz CT molecular complexity index is 196. The first-order chi connectivity index (χ1) is 5.75. The van der Waals surface area contributed by atoms with Crippen molar-refractivity contribution in [3.8, 4) is 0 Å². The zero-order chi connectivity index (χ0) is 8.97. The van der Waals surface area contributed by atoms with Gasteiger partial charge in [0.2, 0.25) is 5.91 Å². The van der Waals surface area contributed by atoms with E-state index in [-0.39, 0.29) is 11.9 Å². The highest BCUT2D eigenvalue weighted by atomic mass is 32.2. The molecule has 1 aliphatic rings. The molecule has 1 fully saturated rings. The minimum atomic E-state index is -0.274. The maximum atomic E-state index is 11.2. The molecule has 68 valence electrons. The van der Waals surface area contributed by atoms with Crippen LogP contribution in [0.2, 0.25) is 0 Å². The zero-order valence-electron chi connectivity index (χ0n) is 7.00. The van der Waals surface area contributed by atoms with Gasteiger partial charge in [-0.15, -0.1) is 0 Å². The van der Waals surface area contributed by atoms with E-state index in [2.05, 4.69) is 5.32 Å². The molecule has 0 aliphatic carbocycles. The molecule has 0 aromatic heterocycles. The fraction of sp³-hybridized carbons (Fsp3) is 0.714. The lowest BCUT2D eigenvalue weighted by Crippen LogP contribution is -2.36. The van der Waals surface area contributed by atoms with Crippen LogP contribution in [0.15, 0.2) is 0 Å². The van der Waals surface area contributed by atoms with Crippen molar-refractivity contribution in [2.24, 2.45) is 0 Å².